The summed E-state index contributed by atoms with van der Waals surface area (Å²) in [5, 5.41) is 0. The van der Waals surface area contributed by atoms with Crippen LogP contribution < -0.4 is 0 Å². The van der Waals surface area contributed by atoms with Crippen molar-refractivity contribution in [1.29, 1.82) is 0 Å². The molecule has 19 heavy (non-hydrogen) atoms. The Morgan fingerprint density at radius 2 is 2.21 bits per heavy atom. The molecular weight excluding hydrogens is 332 g/mol. The number of hydrogen-bond donors (Lipinski definition) is 0. The van der Waals surface area contributed by atoms with Crippen LogP contribution in [0.25, 0.3) is 6.08 Å². The summed E-state index contributed by atoms with van der Waals surface area (Å²) in [7, 11) is 0. The van der Waals surface area contributed by atoms with Gasteiger partial charge in [0.25, 0.3) is 0 Å². The first-order valence-corrected chi connectivity index (χ1v) is 6.93. The lowest BCUT2D eigenvalue weighted by molar-refractivity contribution is -0.136. The number of ketones is 1. The molecule has 0 fully saturated rings. The Morgan fingerprint density at radius 1 is 1.37 bits per heavy atom. The number of carbonyl (C=O) groups is 2. The molecule has 0 N–H and O–H groups in total. The molecular formula is C13H9BrO4S. The summed E-state index contributed by atoms with van der Waals surface area (Å²) >= 11 is 4.57. The fourth-order valence-electron chi connectivity index (χ4n) is 1.26. The average molecular weight is 341 g/mol. The van der Waals surface area contributed by atoms with Crippen LogP contribution in [0.4, 0.5) is 0 Å². The summed E-state index contributed by atoms with van der Waals surface area (Å²) in [6, 6.07) is 6.88. The quantitative estimate of drug-likeness (QED) is 0.474. The van der Waals surface area contributed by atoms with E-state index in [1.807, 2.05) is 0 Å². The van der Waals surface area contributed by atoms with Crippen LogP contribution in [0.3, 0.4) is 0 Å². The molecule has 0 saturated carbocycles. The van der Waals surface area contributed by atoms with E-state index in [9.17, 15) is 9.59 Å². The molecule has 0 atom stereocenters. The lowest BCUT2D eigenvalue weighted by Gasteiger charge is -1.98. The molecule has 0 radical (unpaired) electrons. The van der Waals surface area contributed by atoms with Gasteiger partial charge in [-0.15, -0.1) is 11.3 Å². The second kappa shape index (κ2) is 6.49. The van der Waals surface area contributed by atoms with Gasteiger partial charge in [-0.2, -0.15) is 0 Å². The van der Waals surface area contributed by atoms with Crippen molar-refractivity contribution in [3.8, 4) is 0 Å². The van der Waals surface area contributed by atoms with Gasteiger partial charge in [-0.1, -0.05) is 0 Å². The lowest BCUT2D eigenvalue weighted by Crippen LogP contribution is -2.11. The molecule has 2 aromatic rings. The predicted octanol–water partition coefficient (Wildman–Crippen LogP) is 3.54. The largest absolute Gasteiger partial charge is 0.465 e. The van der Waals surface area contributed by atoms with Crippen LogP contribution in [0.5, 0.6) is 0 Å². The third-order valence-corrected chi connectivity index (χ3v) is 3.79. The molecule has 0 unspecified atom stereocenters. The first-order valence-electron chi connectivity index (χ1n) is 5.32. The summed E-state index contributed by atoms with van der Waals surface area (Å²) < 4.78 is 10.7. The van der Waals surface area contributed by atoms with E-state index in [2.05, 4.69) is 15.9 Å². The van der Waals surface area contributed by atoms with Crippen molar-refractivity contribution in [2.45, 2.75) is 0 Å². The van der Waals surface area contributed by atoms with E-state index in [1.165, 1.54) is 29.8 Å². The molecule has 2 heterocycles. The van der Waals surface area contributed by atoms with Gasteiger partial charge in [-0.05, 0) is 46.3 Å². The maximum Gasteiger partial charge on any atom is 0.331 e. The molecule has 98 valence electrons. The molecule has 0 aliphatic carbocycles. The monoisotopic (exact) mass is 340 g/mol. The van der Waals surface area contributed by atoms with Crippen molar-refractivity contribution in [3.05, 3.63) is 51.0 Å². The average Bonchev–Trinajstić information content (AvgIpc) is 3.04. The van der Waals surface area contributed by atoms with Gasteiger partial charge >= 0.3 is 5.97 Å². The Bertz CT molecular complexity index is 598. The van der Waals surface area contributed by atoms with Gasteiger partial charge < -0.3 is 9.15 Å². The molecule has 4 nitrogen and oxygen atoms in total. The molecule has 2 aromatic heterocycles. The standard InChI is InChI=1S/C13H9BrO4S/c14-12-5-4-11(19-12)10(15)8-18-13(16)6-3-9-2-1-7-17-9/h1-7H,8H2/b6-3+. The van der Waals surface area contributed by atoms with E-state index < -0.39 is 5.97 Å². The number of furan rings is 1. The Labute approximate surface area is 121 Å². The van der Waals surface area contributed by atoms with Gasteiger partial charge in [-0.3, -0.25) is 4.79 Å². The number of ether oxygens (including phenoxy) is 1. The summed E-state index contributed by atoms with van der Waals surface area (Å²) in [6.45, 7) is -0.270. The highest BCUT2D eigenvalue weighted by Crippen LogP contribution is 2.22. The van der Waals surface area contributed by atoms with E-state index in [1.54, 1.807) is 24.3 Å². The smallest absolute Gasteiger partial charge is 0.331 e. The van der Waals surface area contributed by atoms with E-state index in [0.717, 1.165) is 3.79 Å². The zero-order valence-electron chi connectivity index (χ0n) is 9.67. The summed E-state index contributed by atoms with van der Waals surface area (Å²) in [6.07, 6.45) is 4.20. The fraction of sp³-hybridized carbons (Fsp3) is 0.0769. The predicted molar refractivity (Wildman–Crippen MR) is 75.1 cm³/mol. The van der Waals surface area contributed by atoms with E-state index in [4.69, 9.17) is 9.15 Å². The van der Waals surface area contributed by atoms with Crippen molar-refractivity contribution < 1.29 is 18.7 Å². The van der Waals surface area contributed by atoms with Gasteiger partial charge in [0.15, 0.2) is 6.61 Å². The molecule has 0 bridgehead atoms. The van der Waals surface area contributed by atoms with Crippen LogP contribution in [0.15, 0.2) is 44.8 Å². The third-order valence-electron chi connectivity index (χ3n) is 2.12. The van der Waals surface area contributed by atoms with Crippen molar-refractivity contribution >= 4 is 45.1 Å². The number of thiophene rings is 1. The number of halogens is 1. The van der Waals surface area contributed by atoms with Gasteiger partial charge in [0.1, 0.15) is 5.76 Å². The molecule has 0 saturated heterocycles. The van der Waals surface area contributed by atoms with E-state index >= 15 is 0 Å². The zero-order chi connectivity index (χ0) is 13.7. The van der Waals surface area contributed by atoms with Crippen molar-refractivity contribution in [2.24, 2.45) is 0 Å². The normalized spacial score (nSPS) is 10.8. The highest BCUT2D eigenvalue weighted by molar-refractivity contribution is 9.11. The molecule has 6 heteroatoms. The number of rotatable bonds is 5. The first-order chi connectivity index (χ1) is 9.15. The van der Waals surface area contributed by atoms with Crippen molar-refractivity contribution in [1.82, 2.24) is 0 Å². The maximum atomic E-state index is 11.7. The van der Waals surface area contributed by atoms with Gasteiger partial charge in [0.05, 0.1) is 14.9 Å². The Kier molecular flexibility index (Phi) is 4.70. The van der Waals surface area contributed by atoms with Crippen molar-refractivity contribution in [2.75, 3.05) is 6.61 Å². The van der Waals surface area contributed by atoms with Gasteiger partial charge in [0, 0.05) is 6.08 Å². The Morgan fingerprint density at radius 3 is 2.84 bits per heavy atom. The SMILES string of the molecule is O=C(/C=C/c1ccco1)OCC(=O)c1ccc(Br)s1. The van der Waals surface area contributed by atoms with E-state index in [-0.39, 0.29) is 12.4 Å². The number of hydrogen-bond acceptors (Lipinski definition) is 5. The zero-order valence-corrected chi connectivity index (χ0v) is 12.1. The molecule has 0 amide bonds. The Balaban J connectivity index is 1.82. The summed E-state index contributed by atoms with van der Waals surface area (Å²) in [5.41, 5.74) is 0. The number of esters is 1. The minimum Gasteiger partial charge on any atom is -0.465 e. The highest BCUT2D eigenvalue weighted by atomic mass is 79.9. The molecule has 0 aliphatic heterocycles. The third kappa shape index (κ3) is 4.18. The second-order valence-electron chi connectivity index (χ2n) is 3.48. The summed E-state index contributed by atoms with van der Waals surface area (Å²) in [4.78, 5) is 23.6. The van der Waals surface area contributed by atoms with Crippen LogP contribution >= 0.6 is 27.3 Å². The molecule has 2 rings (SSSR count). The number of Topliss-reactive ketones (excluding diaryl/α,β-unsaturated/α-hetero) is 1. The number of carbonyl (C=O) groups excluding carboxylic acids is 2. The van der Waals surface area contributed by atoms with Crippen molar-refractivity contribution in [3.63, 3.8) is 0 Å². The minimum absolute atomic E-state index is 0.226. The van der Waals surface area contributed by atoms with Crippen LogP contribution in [0.1, 0.15) is 15.4 Å². The molecule has 0 spiro atoms. The minimum atomic E-state index is -0.583. The Hall–Kier alpha value is -1.66. The first kappa shape index (κ1) is 13.8. The van der Waals surface area contributed by atoms with Crippen LogP contribution in [0.2, 0.25) is 0 Å². The fourth-order valence-corrected chi connectivity index (χ4v) is 2.57. The maximum absolute atomic E-state index is 11.7. The van der Waals surface area contributed by atoms with Crippen LogP contribution in [-0.2, 0) is 9.53 Å². The molecule has 0 aliphatic rings. The van der Waals surface area contributed by atoms with Gasteiger partial charge in [0.2, 0.25) is 5.78 Å². The van der Waals surface area contributed by atoms with Gasteiger partial charge in [-0.25, -0.2) is 4.79 Å². The van der Waals surface area contributed by atoms with E-state index in [0.29, 0.717) is 10.6 Å². The highest BCUT2D eigenvalue weighted by Gasteiger charge is 2.10. The molecule has 0 aromatic carbocycles. The lowest BCUT2D eigenvalue weighted by atomic mass is 10.3. The van der Waals surface area contributed by atoms with Crippen LogP contribution in [0, 0.1) is 0 Å². The summed E-state index contributed by atoms with van der Waals surface area (Å²) in [5.74, 6) is -0.263. The second-order valence-corrected chi connectivity index (χ2v) is 5.95. The van der Waals surface area contributed by atoms with Crippen LogP contribution in [-0.4, -0.2) is 18.4 Å². The topological polar surface area (TPSA) is 56.5 Å².